The average molecular weight is 288 g/mol. The molecule has 6 nitrogen and oxygen atoms in total. The molecule has 0 saturated carbocycles. The van der Waals surface area contributed by atoms with Crippen LogP contribution in [0.2, 0.25) is 0 Å². The minimum absolute atomic E-state index is 0.0995. The van der Waals surface area contributed by atoms with Gasteiger partial charge >= 0.3 is 0 Å². The Morgan fingerprint density at radius 3 is 2.21 bits per heavy atom. The summed E-state index contributed by atoms with van der Waals surface area (Å²) in [5, 5.41) is 17.9. The minimum atomic E-state index is -3.83. The molecule has 1 aromatic rings. The molecule has 0 aliphatic rings. The van der Waals surface area contributed by atoms with Gasteiger partial charge in [0.25, 0.3) is 0 Å². The monoisotopic (exact) mass is 288 g/mol. The van der Waals surface area contributed by atoms with Gasteiger partial charge in [0.15, 0.2) is 0 Å². The van der Waals surface area contributed by atoms with Crippen LogP contribution in [0.5, 0.6) is 0 Å². The van der Waals surface area contributed by atoms with Crippen molar-refractivity contribution in [2.75, 3.05) is 18.9 Å². The molecule has 0 aromatic heterocycles. The van der Waals surface area contributed by atoms with E-state index in [-0.39, 0.29) is 4.90 Å². The first-order valence-corrected chi connectivity index (χ1v) is 7.33. The van der Waals surface area contributed by atoms with Gasteiger partial charge in [0, 0.05) is 5.69 Å². The van der Waals surface area contributed by atoms with Crippen LogP contribution in [-0.4, -0.2) is 37.9 Å². The summed E-state index contributed by atoms with van der Waals surface area (Å²) in [6.07, 6.45) is 0. The lowest BCUT2D eigenvalue weighted by atomic mass is 10.1. The number of benzene rings is 1. The van der Waals surface area contributed by atoms with Crippen LogP contribution < -0.4 is 10.5 Å². The average Bonchev–Trinajstić information content (AvgIpc) is 2.32. The third kappa shape index (κ3) is 3.24. The Morgan fingerprint density at radius 2 is 1.74 bits per heavy atom. The second-order valence-electron chi connectivity index (χ2n) is 4.56. The number of nitrogen functional groups attached to an aromatic ring is 1. The Bertz CT molecular complexity index is 566. The highest BCUT2D eigenvalue weighted by atomic mass is 32.2. The summed E-state index contributed by atoms with van der Waals surface area (Å²) < 4.78 is 26.8. The summed E-state index contributed by atoms with van der Waals surface area (Å²) in [5.74, 6) is 0. The van der Waals surface area contributed by atoms with E-state index in [2.05, 4.69) is 4.72 Å². The maximum absolute atomic E-state index is 12.3. The predicted molar refractivity (Wildman–Crippen MR) is 73.3 cm³/mol. The number of hydrogen-bond donors (Lipinski definition) is 4. The van der Waals surface area contributed by atoms with E-state index in [4.69, 9.17) is 15.9 Å². The molecule has 7 heteroatoms. The molecule has 0 saturated heterocycles. The first-order chi connectivity index (χ1) is 8.74. The van der Waals surface area contributed by atoms with Crippen LogP contribution in [0.3, 0.4) is 0 Å². The van der Waals surface area contributed by atoms with E-state index >= 15 is 0 Å². The second-order valence-corrected chi connectivity index (χ2v) is 6.21. The zero-order chi connectivity index (χ0) is 14.8. The summed E-state index contributed by atoms with van der Waals surface area (Å²) in [4.78, 5) is 0.0995. The molecular weight excluding hydrogens is 268 g/mol. The topological polar surface area (TPSA) is 113 Å². The third-order valence-corrected chi connectivity index (χ3v) is 4.80. The molecule has 0 unspecified atom stereocenters. The molecule has 0 bridgehead atoms. The molecule has 1 rings (SSSR count). The standard InChI is InChI=1S/C12H20N2O4S/c1-7-4-8(2)12(9(3)11(7)13)19(17,18)14-10(5-15)6-16/h4,10,14-16H,5-6,13H2,1-3H3. The fraction of sp³-hybridized carbons (Fsp3) is 0.500. The highest BCUT2D eigenvalue weighted by Crippen LogP contribution is 2.27. The highest BCUT2D eigenvalue weighted by Gasteiger charge is 2.24. The smallest absolute Gasteiger partial charge is 0.241 e. The third-order valence-electron chi connectivity index (χ3n) is 2.99. The molecule has 0 aliphatic heterocycles. The van der Waals surface area contributed by atoms with Crippen LogP contribution in [0.4, 0.5) is 5.69 Å². The maximum atomic E-state index is 12.3. The summed E-state index contributed by atoms with van der Waals surface area (Å²) in [6.45, 7) is 4.17. The van der Waals surface area contributed by atoms with Crippen molar-refractivity contribution < 1.29 is 18.6 Å². The number of sulfonamides is 1. The van der Waals surface area contributed by atoms with Gasteiger partial charge in [0.05, 0.1) is 24.2 Å². The van der Waals surface area contributed by atoms with E-state index < -0.39 is 29.3 Å². The van der Waals surface area contributed by atoms with E-state index in [0.717, 1.165) is 5.56 Å². The molecule has 5 N–H and O–H groups in total. The number of nitrogens with one attached hydrogen (secondary N) is 1. The predicted octanol–water partition coefficient (Wildman–Crippen LogP) is -0.174. The van der Waals surface area contributed by atoms with Crippen LogP contribution in [0.15, 0.2) is 11.0 Å². The highest BCUT2D eigenvalue weighted by molar-refractivity contribution is 7.89. The van der Waals surface area contributed by atoms with Crippen molar-refractivity contribution in [3.8, 4) is 0 Å². The summed E-state index contributed by atoms with van der Waals surface area (Å²) >= 11 is 0. The van der Waals surface area contributed by atoms with E-state index in [1.807, 2.05) is 6.92 Å². The first kappa shape index (κ1) is 15.9. The quantitative estimate of drug-likeness (QED) is 0.562. The van der Waals surface area contributed by atoms with Crippen molar-refractivity contribution in [3.05, 3.63) is 22.8 Å². The number of hydrogen-bond acceptors (Lipinski definition) is 5. The van der Waals surface area contributed by atoms with Gasteiger partial charge in [-0.3, -0.25) is 0 Å². The molecular formula is C12H20N2O4S. The second kappa shape index (κ2) is 5.87. The minimum Gasteiger partial charge on any atom is -0.398 e. The molecule has 0 atom stereocenters. The van der Waals surface area contributed by atoms with E-state index in [0.29, 0.717) is 16.8 Å². The largest absolute Gasteiger partial charge is 0.398 e. The number of rotatable bonds is 5. The Morgan fingerprint density at radius 1 is 1.21 bits per heavy atom. The maximum Gasteiger partial charge on any atom is 0.241 e. The van der Waals surface area contributed by atoms with E-state index in [1.54, 1.807) is 19.9 Å². The Hall–Kier alpha value is -1.15. The van der Waals surface area contributed by atoms with Crippen LogP contribution >= 0.6 is 0 Å². The lowest BCUT2D eigenvalue weighted by Gasteiger charge is -2.18. The number of aryl methyl sites for hydroxylation is 2. The van der Waals surface area contributed by atoms with Crippen LogP contribution in [-0.2, 0) is 10.0 Å². The molecule has 0 radical (unpaired) electrons. The fourth-order valence-corrected chi connectivity index (χ4v) is 3.71. The number of anilines is 1. The number of nitrogens with two attached hydrogens (primary N) is 1. The normalized spacial score (nSPS) is 12.1. The van der Waals surface area contributed by atoms with Crippen molar-refractivity contribution >= 4 is 15.7 Å². The van der Waals surface area contributed by atoms with Gasteiger partial charge in [-0.15, -0.1) is 0 Å². The van der Waals surface area contributed by atoms with E-state index in [1.165, 1.54) is 0 Å². The van der Waals surface area contributed by atoms with Crippen molar-refractivity contribution in [2.45, 2.75) is 31.7 Å². The van der Waals surface area contributed by atoms with Crippen LogP contribution in [0.1, 0.15) is 16.7 Å². The zero-order valence-electron chi connectivity index (χ0n) is 11.3. The molecule has 0 amide bonds. The van der Waals surface area contributed by atoms with Crippen molar-refractivity contribution in [2.24, 2.45) is 0 Å². The molecule has 19 heavy (non-hydrogen) atoms. The fourth-order valence-electron chi connectivity index (χ4n) is 2.01. The zero-order valence-corrected chi connectivity index (χ0v) is 12.1. The first-order valence-electron chi connectivity index (χ1n) is 5.85. The summed E-state index contributed by atoms with van der Waals surface area (Å²) in [6, 6.07) is 0.774. The summed E-state index contributed by atoms with van der Waals surface area (Å²) in [7, 11) is -3.83. The lowest BCUT2D eigenvalue weighted by Crippen LogP contribution is -2.40. The molecule has 0 aliphatic carbocycles. The Balaban J connectivity index is 3.34. The van der Waals surface area contributed by atoms with Gasteiger partial charge in [0.1, 0.15) is 0 Å². The van der Waals surface area contributed by atoms with Gasteiger partial charge in [-0.25, -0.2) is 13.1 Å². The Labute approximate surface area is 113 Å². The lowest BCUT2D eigenvalue weighted by molar-refractivity contribution is 0.185. The SMILES string of the molecule is Cc1cc(C)c(S(=O)(=O)NC(CO)CO)c(C)c1N. The van der Waals surface area contributed by atoms with Gasteiger partial charge in [-0.2, -0.15) is 0 Å². The molecule has 1 aromatic carbocycles. The molecule has 108 valence electrons. The van der Waals surface area contributed by atoms with Crippen LogP contribution in [0.25, 0.3) is 0 Å². The van der Waals surface area contributed by atoms with Crippen LogP contribution in [0, 0.1) is 20.8 Å². The van der Waals surface area contributed by atoms with Gasteiger partial charge in [0.2, 0.25) is 10.0 Å². The van der Waals surface area contributed by atoms with Crippen molar-refractivity contribution in [3.63, 3.8) is 0 Å². The van der Waals surface area contributed by atoms with Gasteiger partial charge in [-0.05, 0) is 37.5 Å². The number of aliphatic hydroxyl groups excluding tert-OH is 2. The van der Waals surface area contributed by atoms with E-state index in [9.17, 15) is 8.42 Å². The van der Waals surface area contributed by atoms with Crippen molar-refractivity contribution in [1.82, 2.24) is 4.72 Å². The van der Waals surface area contributed by atoms with Gasteiger partial charge in [-0.1, -0.05) is 6.07 Å². The number of aliphatic hydroxyl groups is 2. The Kier molecular flexibility index (Phi) is 4.92. The molecule has 0 spiro atoms. The summed E-state index contributed by atoms with van der Waals surface area (Å²) in [5.41, 5.74) is 8.14. The van der Waals surface area contributed by atoms with Gasteiger partial charge < -0.3 is 15.9 Å². The van der Waals surface area contributed by atoms with Crippen molar-refractivity contribution in [1.29, 1.82) is 0 Å². The molecule has 0 heterocycles. The molecule has 0 fully saturated rings.